The Morgan fingerprint density at radius 2 is 1.92 bits per heavy atom. The first-order valence-corrected chi connectivity index (χ1v) is 3.72. The highest BCUT2D eigenvalue weighted by Crippen LogP contribution is 1.98. The van der Waals surface area contributed by atoms with Crippen LogP contribution in [0.2, 0.25) is 0 Å². The Labute approximate surface area is 75.4 Å². The van der Waals surface area contributed by atoms with Crippen molar-refractivity contribution in [1.29, 1.82) is 0 Å². The van der Waals surface area contributed by atoms with Gasteiger partial charge in [0.1, 0.15) is 0 Å². The maximum Gasteiger partial charge on any atom is 0.307 e. The lowest BCUT2D eigenvalue weighted by Gasteiger charge is -1.92. The van der Waals surface area contributed by atoms with E-state index in [-0.39, 0.29) is 6.42 Å². The van der Waals surface area contributed by atoms with Crippen LogP contribution >= 0.6 is 0 Å². The summed E-state index contributed by atoms with van der Waals surface area (Å²) < 4.78 is 0. The molecule has 0 bridgehead atoms. The third-order valence-corrected chi connectivity index (χ3v) is 1.30. The predicted molar refractivity (Wildman–Crippen MR) is 47.4 cm³/mol. The number of carboxylic acid groups (broad SMARTS) is 1. The lowest BCUT2D eigenvalue weighted by atomic mass is 10.2. The van der Waals surface area contributed by atoms with Gasteiger partial charge in [0, 0.05) is 0 Å². The third-order valence-electron chi connectivity index (χ3n) is 1.30. The molecule has 0 amide bonds. The maximum atomic E-state index is 10.2. The number of hydrogen-bond acceptors (Lipinski definition) is 3. The molecule has 4 heteroatoms. The van der Waals surface area contributed by atoms with Gasteiger partial charge in [0.2, 0.25) is 6.40 Å². The van der Waals surface area contributed by atoms with E-state index < -0.39 is 5.97 Å². The van der Waals surface area contributed by atoms with Crippen molar-refractivity contribution < 1.29 is 14.7 Å². The van der Waals surface area contributed by atoms with Crippen LogP contribution in [-0.4, -0.2) is 17.5 Å². The Morgan fingerprint density at radius 3 is 2.31 bits per heavy atom. The summed E-state index contributed by atoms with van der Waals surface area (Å²) in [6.45, 7) is 0. The van der Waals surface area contributed by atoms with E-state index in [1.54, 1.807) is 12.1 Å². The van der Waals surface area contributed by atoms with Gasteiger partial charge in [0.15, 0.2) is 0 Å². The van der Waals surface area contributed by atoms with Gasteiger partial charge in [-0.25, -0.2) is 0 Å². The molecule has 1 aliphatic rings. The molecule has 1 heterocycles. The molecule has 4 nitrogen and oxygen atoms in total. The van der Waals surface area contributed by atoms with E-state index >= 15 is 0 Å². The first kappa shape index (κ1) is 9.25. The molecule has 68 valence electrons. The molecule has 0 aromatic heterocycles. The summed E-state index contributed by atoms with van der Waals surface area (Å²) in [5.41, 5.74) is 0.843. The molecule has 2 rings (SSSR count). The number of rotatable bonds is 2. The van der Waals surface area contributed by atoms with Gasteiger partial charge in [-0.2, -0.15) is 0 Å². The normalized spacial score (nSPS) is 10.8. The molecule has 1 aromatic carbocycles. The summed E-state index contributed by atoms with van der Waals surface area (Å²) in [4.78, 5) is 14.2. The van der Waals surface area contributed by atoms with Gasteiger partial charge in [-0.3, -0.25) is 4.79 Å². The maximum absolute atomic E-state index is 10.2. The molecule has 0 aliphatic carbocycles. The van der Waals surface area contributed by atoms with Crippen LogP contribution in [0.1, 0.15) is 5.56 Å². The molecular weight excluding hydrogens is 170 g/mol. The first-order valence-electron chi connectivity index (χ1n) is 3.72. The minimum atomic E-state index is -0.786. The molecule has 0 fully saturated rings. The second-order valence-electron chi connectivity index (χ2n) is 2.37. The van der Waals surface area contributed by atoms with Crippen LogP contribution in [0.5, 0.6) is 0 Å². The number of oxime groups is 1. The lowest BCUT2D eigenvalue weighted by molar-refractivity contribution is -0.136. The summed E-state index contributed by atoms with van der Waals surface area (Å²) in [7, 11) is 0. The van der Waals surface area contributed by atoms with Gasteiger partial charge < -0.3 is 9.94 Å². The van der Waals surface area contributed by atoms with Gasteiger partial charge >= 0.3 is 5.97 Å². The lowest BCUT2D eigenvalue weighted by Crippen LogP contribution is -1.98. The van der Waals surface area contributed by atoms with Crippen LogP contribution in [0.4, 0.5) is 0 Å². The fraction of sp³-hybridized carbons (Fsp3) is 0.111. The van der Waals surface area contributed by atoms with Gasteiger partial charge in [-0.05, 0) is 10.7 Å². The molecule has 0 atom stereocenters. The molecule has 13 heavy (non-hydrogen) atoms. The second kappa shape index (κ2) is 4.92. The van der Waals surface area contributed by atoms with Crippen LogP contribution < -0.4 is 0 Å². The highest BCUT2D eigenvalue weighted by atomic mass is 16.7. The van der Waals surface area contributed by atoms with Crippen molar-refractivity contribution in [3.05, 3.63) is 35.9 Å². The Bertz CT molecular complexity index is 291. The zero-order valence-corrected chi connectivity index (χ0v) is 6.88. The summed E-state index contributed by atoms with van der Waals surface area (Å²) in [6.07, 6.45) is 1.49. The van der Waals surface area contributed by atoms with E-state index in [2.05, 4.69) is 9.99 Å². The van der Waals surface area contributed by atoms with Gasteiger partial charge in [-0.15, -0.1) is 0 Å². The van der Waals surface area contributed by atoms with E-state index in [0.717, 1.165) is 5.56 Å². The van der Waals surface area contributed by atoms with Crippen molar-refractivity contribution in [2.24, 2.45) is 5.16 Å². The zero-order chi connectivity index (χ0) is 9.52. The standard InChI is InChI=1S/C8H8O2.CHNO/c9-8(10)6-7-4-2-1-3-5-7;1-2-3-1/h1-5H,6H2,(H,9,10);1H. The Hall–Kier alpha value is -1.84. The molecule has 0 saturated heterocycles. The number of nitrogens with zero attached hydrogens (tertiary/aromatic N) is 1. The Balaban J connectivity index is 0.000000236. The molecule has 0 radical (unpaired) electrons. The Morgan fingerprint density at radius 1 is 1.38 bits per heavy atom. The van der Waals surface area contributed by atoms with Gasteiger partial charge in [-0.1, -0.05) is 30.3 Å². The highest BCUT2D eigenvalue weighted by Gasteiger charge is 1.96. The van der Waals surface area contributed by atoms with Gasteiger partial charge in [0.05, 0.1) is 6.42 Å². The number of carboxylic acids is 1. The summed E-state index contributed by atoms with van der Waals surface area (Å²) in [5, 5.41) is 11.5. The average Bonchev–Trinajstić information content (AvgIpc) is 2.90. The fourth-order valence-electron chi connectivity index (χ4n) is 0.770. The first-order chi connectivity index (χ1) is 6.29. The Kier molecular flexibility index (Phi) is 3.50. The zero-order valence-electron chi connectivity index (χ0n) is 6.88. The van der Waals surface area contributed by atoms with E-state index in [0.29, 0.717) is 0 Å². The summed E-state index contributed by atoms with van der Waals surface area (Å²) >= 11 is 0. The fourth-order valence-corrected chi connectivity index (χ4v) is 0.770. The molecule has 0 saturated carbocycles. The van der Waals surface area contributed by atoms with Crippen LogP contribution in [0, 0.1) is 0 Å². The van der Waals surface area contributed by atoms with Crippen LogP contribution in [0.15, 0.2) is 35.5 Å². The minimum absolute atomic E-state index is 0.112. The number of aliphatic carboxylic acids is 1. The van der Waals surface area contributed by atoms with Gasteiger partial charge in [0.25, 0.3) is 0 Å². The van der Waals surface area contributed by atoms with Crippen LogP contribution in [-0.2, 0) is 16.1 Å². The van der Waals surface area contributed by atoms with E-state index in [1.165, 1.54) is 6.40 Å². The van der Waals surface area contributed by atoms with Crippen molar-refractivity contribution in [3.8, 4) is 0 Å². The smallest absolute Gasteiger partial charge is 0.307 e. The molecule has 1 aromatic rings. The highest BCUT2D eigenvalue weighted by molar-refractivity contribution is 5.70. The van der Waals surface area contributed by atoms with Crippen molar-refractivity contribution in [3.63, 3.8) is 0 Å². The van der Waals surface area contributed by atoms with E-state index in [9.17, 15) is 4.79 Å². The van der Waals surface area contributed by atoms with Crippen LogP contribution in [0.25, 0.3) is 0 Å². The molecule has 0 spiro atoms. The monoisotopic (exact) mass is 179 g/mol. The number of benzene rings is 1. The minimum Gasteiger partial charge on any atom is -0.481 e. The molecule has 1 aliphatic heterocycles. The van der Waals surface area contributed by atoms with Crippen molar-refractivity contribution in [1.82, 2.24) is 0 Å². The quantitative estimate of drug-likeness (QED) is 0.743. The topological polar surface area (TPSA) is 62.2 Å². The predicted octanol–water partition coefficient (Wildman–Crippen LogP) is 1.27. The van der Waals surface area contributed by atoms with Crippen molar-refractivity contribution in [2.75, 3.05) is 0 Å². The largest absolute Gasteiger partial charge is 0.481 e. The molecular formula is C9H9NO3. The summed E-state index contributed by atoms with van der Waals surface area (Å²) in [5.74, 6) is -0.786. The molecule has 0 unspecified atom stereocenters. The average molecular weight is 179 g/mol. The SMILES string of the molecule is C1=NO1.O=C(O)Cc1ccccc1. The van der Waals surface area contributed by atoms with Crippen molar-refractivity contribution in [2.45, 2.75) is 6.42 Å². The van der Waals surface area contributed by atoms with Crippen LogP contribution in [0.3, 0.4) is 0 Å². The summed E-state index contributed by atoms with van der Waals surface area (Å²) in [6, 6.07) is 9.13. The van der Waals surface area contributed by atoms with E-state index in [4.69, 9.17) is 5.11 Å². The second-order valence-corrected chi connectivity index (χ2v) is 2.37. The third kappa shape index (κ3) is 5.43. The number of carbonyl (C=O) groups is 1. The van der Waals surface area contributed by atoms with Crippen molar-refractivity contribution >= 4 is 12.4 Å². The number of hydrogen-bond donors (Lipinski definition) is 1. The van der Waals surface area contributed by atoms with E-state index in [1.807, 2.05) is 18.2 Å². The molecule has 1 N–H and O–H groups in total.